The number of carboxylic acid groups (broad SMARTS) is 1. The summed E-state index contributed by atoms with van der Waals surface area (Å²) in [6.45, 7) is 0. The molecule has 2 rings (SSSR count). The average Bonchev–Trinajstić information content (AvgIpc) is 2.59. The molecule has 0 aliphatic rings. The Balaban J connectivity index is 2.46. The van der Waals surface area contributed by atoms with Gasteiger partial charge in [0, 0.05) is 0 Å². The molecule has 82 valence electrons. The minimum Gasteiger partial charge on any atom is -0.478 e. The molecule has 0 saturated heterocycles. The zero-order valence-electron chi connectivity index (χ0n) is 7.90. The van der Waals surface area contributed by atoms with Crippen LogP contribution in [0.4, 0.5) is 0 Å². The molecule has 0 spiro atoms. The van der Waals surface area contributed by atoms with Gasteiger partial charge in [-0.15, -0.1) is 35.5 Å². The summed E-state index contributed by atoms with van der Waals surface area (Å²) in [7, 11) is 0. The summed E-state index contributed by atoms with van der Waals surface area (Å²) in [5.74, 6) is -0.965. The smallest absolute Gasteiger partial charge is 0.335 e. The van der Waals surface area contributed by atoms with E-state index in [9.17, 15) is 4.79 Å². The fourth-order valence-electron chi connectivity index (χ4n) is 1.25. The number of carbonyl (C=O) groups is 1. The first-order valence-electron chi connectivity index (χ1n) is 4.26. The maximum absolute atomic E-state index is 10.7. The van der Waals surface area contributed by atoms with Gasteiger partial charge in [0.2, 0.25) is 0 Å². The fourth-order valence-corrected chi connectivity index (χ4v) is 1.84. The van der Waals surface area contributed by atoms with Crippen molar-refractivity contribution in [1.29, 1.82) is 0 Å². The Kier molecular flexibility index (Phi) is 2.88. The monoisotopic (exact) mass is 253 g/mol. The Morgan fingerprint density at radius 2 is 1.62 bits per heavy atom. The van der Waals surface area contributed by atoms with Gasteiger partial charge in [-0.3, -0.25) is 4.57 Å². The van der Waals surface area contributed by atoms with Crippen LogP contribution >= 0.6 is 25.3 Å². The van der Waals surface area contributed by atoms with E-state index < -0.39 is 5.97 Å². The van der Waals surface area contributed by atoms with Crippen molar-refractivity contribution in [2.45, 2.75) is 10.3 Å². The predicted octanol–water partition coefficient (Wildman–Crippen LogP) is 1.54. The van der Waals surface area contributed by atoms with Crippen molar-refractivity contribution in [1.82, 2.24) is 14.8 Å². The summed E-state index contributed by atoms with van der Waals surface area (Å²) < 4.78 is 1.60. The Morgan fingerprint density at radius 3 is 2.06 bits per heavy atom. The molecule has 16 heavy (non-hydrogen) atoms. The van der Waals surface area contributed by atoms with Gasteiger partial charge in [-0.05, 0) is 24.3 Å². The van der Waals surface area contributed by atoms with E-state index in [-0.39, 0.29) is 5.56 Å². The minimum absolute atomic E-state index is 0.221. The third kappa shape index (κ3) is 1.91. The summed E-state index contributed by atoms with van der Waals surface area (Å²) in [5.41, 5.74) is 0.934. The molecule has 0 amide bonds. The second kappa shape index (κ2) is 4.18. The number of hydrogen-bond donors (Lipinski definition) is 3. The number of benzene rings is 1. The lowest BCUT2D eigenvalue weighted by Gasteiger charge is -2.05. The van der Waals surface area contributed by atoms with Gasteiger partial charge in [-0.2, -0.15) is 0 Å². The van der Waals surface area contributed by atoms with Crippen LogP contribution in [0.15, 0.2) is 34.6 Å². The van der Waals surface area contributed by atoms with E-state index in [0.717, 1.165) is 0 Å². The summed E-state index contributed by atoms with van der Waals surface area (Å²) in [5, 5.41) is 17.0. The number of aromatic nitrogens is 3. The second-order valence-electron chi connectivity index (χ2n) is 2.99. The van der Waals surface area contributed by atoms with Crippen molar-refractivity contribution in [2.24, 2.45) is 0 Å². The number of aromatic carboxylic acids is 1. The van der Waals surface area contributed by atoms with Gasteiger partial charge in [-0.25, -0.2) is 4.79 Å². The fraction of sp³-hybridized carbons (Fsp3) is 0. The largest absolute Gasteiger partial charge is 0.478 e. The molecular formula is C9H7N3O2S2. The van der Waals surface area contributed by atoms with E-state index in [4.69, 9.17) is 5.11 Å². The molecule has 1 N–H and O–H groups in total. The number of nitrogens with zero attached hydrogens (tertiary/aromatic N) is 3. The van der Waals surface area contributed by atoms with Crippen LogP contribution in [0.1, 0.15) is 10.4 Å². The third-order valence-electron chi connectivity index (χ3n) is 2.00. The predicted molar refractivity (Wildman–Crippen MR) is 62.8 cm³/mol. The quantitative estimate of drug-likeness (QED) is 0.710. The van der Waals surface area contributed by atoms with Crippen LogP contribution in [0.2, 0.25) is 0 Å². The van der Waals surface area contributed by atoms with Crippen molar-refractivity contribution in [3.63, 3.8) is 0 Å². The van der Waals surface area contributed by atoms with Crippen LogP contribution < -0.4 is 0 Å². The van der Waals surface area contributed by atoms with Crippen LogP contribution in [0.5, 0.6) is 0 Å². The molecule has 0 aliphatic heterocycles. The topological polar surface area (TPSA) is 68.0 Å². The van der Waals surface area contributed by atoms with Crippen LogP contribution in [-0.4, -0.2) is 25.8 Å². The molecule has 0 fully saturated rings. The van der Waals surface area contributed by atoms with Crippen molar-refractivity contribution < 1.29 is 9.90 Å². The lowest BCUT2D eigenvalue weighted by molar-refractivity contribution is 0.0697. The first kappa shape index (κ1) is 11.0. The standard InChI is InChI=1S/C9H7N3O2S2/c13-7(14)5-1-3-6(4-2-5)12-8(15)10-11-9(12)16/h1-4H,(H,10,15)(H,11,16)(H,13,14). The number of hydrogen-bond acceptors (Lipinski definition) is 5. The summed E-state index contributed by atoms with van der Waals surface area (Å²) in [6.07, 6.45) is 0. The molecule has 0 saturated carbocycles. The summed E-state index contributed by atoms with van der Waals surface area (Å²) >= 11 is 8.24. The molecule has 0 atom stereocenters. The molecule has 0 unspecified atom stereocenters. The molecular weight excluding hydrogens is 246 g/mol. The Morgan fingerprint density at radius 1 is 1.12 bits per heavy atom. The van der Waals surface area contributed by atoms with Gasteiger partial charge < -0.3 is 5.11 Å². The van der Waals surface area contributed by atoms with Crippen molar-refractivity contribution in [2.75, 3.05) is 0 Å². The highest BCUT2D eigenvalue weighted by molar-refractivity contribution is 7.80. The molecule has 0 radical (unpaired) electrons. The molecule has 0 aliphatic carbocycles. The molecule has 1 aromatic carbocycles. The van der Waals surface area contributed by atoms with E-state index in [0.29, 0.717) is 16.0 Å². The Labute approximate surface area is 102 Å². The zero-order chi connectivity index (χ0) is 11.7. The van der Waals surface area contributed by atoms with Crippen molar-refractivity contribution in [3.05, 3.63) is 29.8 Å². The molecule has 1 heterocycles. The Hall–Kier alpha value is -1.47. The van der Waals surface area contributed by atoms with E-state index >= 15 is 0 Å². The molecule has 1 aromatic heterocycles. The SMILES string of the molecule is O=C(O)c1ccc(-n2c(S)nnc2S)cc1. The Bertz CT molecular complexity index is 517. The average molecular weight is 253 g/mol. The van der Waals surface area contributed by atoms with E-state index in [1.807, 2.05) is 0 Å². The van der Waals surface area contributed by atoms with Crippen LogP contribution in [0.25, 0.3) is 5.69 Å². The highest BCUT2D eigenvalue weighted by Crippen LogP contribution is 2.18. The lowest BCUT2D eigenvalue weighted by atomic mass is 10.2. The van der Waals surface area contributed by atoms with E-state index in [1.54, 1.807) is 16.7 Å². The van der Waals surface area contributed by atoms with Crippen LogP contribution in [-0.2, 0) is 0 Å². The lowest BCUT2D eigenvalue weighted by Crippen LogP contribution is -1.99. The second-order valence-corrected chi connectivity index (χ2v) is 3.79. The maximum Gasteiger partial charge on any atom is 0.335 e. The number of thiol groups is 2. The van der Waals surface area contributed by atoms with Gasteiger partial charge >= 0.3 is 5.97 Å². The van der Waals surface area contributed by atoms with E-state index in [2.05, 4.69) is 35.5 Å². The molecule has 7 heteroatoms. The summed E-state index contributed by atoms with van der Waals surface area (Å²) in [6, 6.07) is 6.29. The van der Waals surface area contributed by atoms with Gasteiger partial charge in [0.1, 0.15) is 0 Å². The third-order valence-corrected chi connectivity index (χ3v) is 2.58. The van der Waals surface area contributed by atoms with Crippen molar-refractivity contribution in [3.8, 4) is 5.69 Å². The van der Waals surface area contributed by atoms with Crippen LogP contribution in [0, 0.1) is 0 Å². The van der Waals surface area contributed by atoms with Crippen molar-refractivity contribution >= 4 is 31.2 Å². The van der Waals surface area contributed by atoms with E-state index in [1.165, 1.54) is 12.1 Å². The van der Waals surface area contributed by atoms with Gasteiger partial charge in [0.05, 0.1) is 11.3 Å². The zero-order valence-corrected chi connectivity index (χ0v) is 9.69. The highest BCUT2D eigenvalue weighted by atomic mass is 32.1. The minimum atomic E-state index is -0.965. The maximum atomic E-state index is 10.7. The normalized spacial score (nSPS) is 10.4. The molecule has 5 nitrogen and oxygen atoms in total. The molecule has 0 bridgehead atoms. The van der Waals surface area contributed by atoms with Crippen LogP contribution in [0.3, 0.4) is 0 Å². The first-order chi connectivity index (χ1) is 7.59. The first-order valence-corrected chi connectivity index (χ1v) is 5.16. The van der Waals surface area contributed by atoms with Gasteiger partial charge in [0.25, 0.3) is 0 Å². The number of carboxylic acids is 1. The highest BCUT2D eigenvalue weighted by Gasteiger charge is 2.09. The summed E-state index contributed by atoms with van der Waals surface area (Å²) in [4.78, 5) is 10.7. The molecule has 2 aromatic rings. The van der Waals surface area contributed by atoms with Gasteiger partial charge in [0.15, 0.2) is 10.3 Å². The van der Waals surface area contributed by atoms with Gasteiger partial charge in [-0.1, -0.05) is 0 Å². The number of rotatable bonds is 2.